The van der Waals surface area contributed by atoms with E-state index in [-0.39, 0.29) is 29.5 Å². The summed E-state index contributed by atoms with van der Waals surface area (Å²) in [7, 11) is 1.41. The molecule has 0 aliphatic rings. The Balaban J connectivity index is 1.58. The summed E-state index contributed by atoms with van der Waals surface area (Å²) in [6, 6.07) is 19.5. The predicted molar refractivity (Wildman–Crippen MR) is 115 cm³/mol. The maximum absolute atomic E-state index is 13.8. The minimum absolute atomic E-state index is 0.0651. The first kappa shape index (κ1) is 21.5. The smallest absolute Gasteiger partial charge is 0.346 e. The number of esters is 1. The summed E-state index contributed by atoms with van der Waals surface area (Å²) in [5.74, 6) is -1.44. The van der Waals surface area contributed by atoms with Gasteiger partial charge in [-0.15, -0.1) is 0 Å². The topological polar surface area (TPSA) is 89.0 Å². The molecule has 0 heterocycles. The molecule has 3 aromatic rings. The van der Waals surface area contributed by atoms with Gasteiger partial charge in [0.1, 0.15) is 5.82 Å². The minimum atomic E-state index is -0.837. The van der Waals surface area contributed by atoms with Crippen LogP contribution < -0.4 is 20.2 Å². The molecule has 0 aliphatic carbocycles. The summed E-state index contributed by atoms with van der Waals surface area (Å²) in [5, 5.41) is 6.87. The van der Waals surface area contributed by atoms with Gasteiger partial charge >= 0.3 is 5.97 Å². The van der Waals surface area contributed by atoms with E-state index >= 15 is 0 Å². The van der Waals surface area contributed by atoms with Crippen molar-refractivity contribution in [3.8, 4) is 11.5 Å². The van der Waals surface area contributed by atoms with Gasteiger partial charge in [-0.1, -0.05) is 30.3 Å². The predicted octanol–water partition coefficient (Wildman–Crippen LogP) is 3.62. The number of hydrogen-bond donors (Lipinski definition) is 2. The molecular weight excluding hydrogens is 401 g/mol. The molecule has 8 heteroatoms. The molecule has 0 saturated heterocycles. The van der Waals surface area contributed by atoms with Crippen molar-refractivity contribution in [3.05, 3.63) is 89.7 Å². The summed E-state index contributed by atoms with van der Waals surface area (Å²) in [5.41, 5.74) is 3.66. The van der Waals surface area contributed by atoms with E-state index in [1.54, 1.807) is 18.2 Å². The number of nitrogens with one attached hydrogen (secondary N) is 2. The number of carbonyl (C=O) groups excluding carboxylic acids is 2. The van der Waals surface area contributed by atoms with Gasteiger partial charge in [0.15, 0.2) is 11.5 Å². The Morgan fingerprint density at radius 2 is 1.74 bits per heavy atom. The first-order valence-electron chi connectivity index (χ1n) is 9.32. The third-order valence-corrected chi connectivity index (χ3v) is 4.11. The molecule has 0 saturated carbocycles. The molecule has 1 amide bonds. The maximum atomic E-state index is 13.8. The van der Waals surface area contributed by atoms with Crippen LogP contribution in [0.15, 0.2) is 77.9 Å². The van der Waals surface area contributed by atoms with E-state index in [2.05, 4.69) is 15.8 Å². The zero-order valence-electron chi connectivity index (χ0n) is 16.7. The lowest BCUT2D eigenvalue weighted by molar-refractivity contribution is -0.119. The third-order valence-electron chi connectivity index (χ3n) is 4.11. The second-order valence-electron chi connectivity index (χ2n) is 6.29. The lowest BCUT2D eigenvalue weighted by Gasteiger charge is -2.10. The van der Waals surface area contributed by atoms with Crippen LogP contribution in [-0.2, 0) is 4.79 Å². The van der Waals surface area contributed by atoms with Crippen molar-refractivity contribution >= 4 is 23.8 Å². The molecule has 7 nitrogen and oxygen atoms in total. The molecule has 0 unspecified atom stereocenters. The first-order valence-corrected chi connectivity index (χ1v) is 9.32. The Bertz CT molecular complexity index is 1090. The van der Waals surface area contributed by atoms with E-state index in [9.17, 15) is 14.0 Å². The van der Waals surface area contributed by atoms with Gasteiger partial charge in [0.2, 0.25) is 0 Å². The highest BCUT2D eigenvalue weighted by molar-refractivity contribution is 5.92. The molecular formula is C23H20FN3O4. The molecule has 2 N–H and O–H groups in total. The number of benzene rings is 3. The molecule has 3 rings (SSSR count). The van der Waals surface area contributed by atoms with Gasteiger partial charge in [0.05, 0.1) is 25.4 Å². The summed E-state index contributed by atoms with van der Waals surface area (Å²) >= 11 is 0. The Morgan fingerprint density at radius 1 is 1.00 bits per heavy atom. The zero-order valence-corrected chi connectivity index (χ0v) is 16.7. The van der Waals surface area contributed by atoms with Crippen LogP contribution in [0.3, 0.4) is 0 Å². The molecule has 158 valence electrons. The van der Waals surface area contributed by atoms with Crippen LogP contribution in [0.25, 0.3) is 0 Å². The Hall–Kier alpha value is -4.20. The monoisotopic (exact) mass is 421 g/mol. The van der Waals surface area contributed by atoms with Crippen molar-refractivity contribution in [3.63, 3.8) is 0 Å². The third kappa shape index (κ3) is 6.14. The van der Waals surface area contributed by atoms with Crippen molar-refractivity contribution in [1.82, 2.24) is 5.43 Å². The molecule has 0 aromatic heterocycles. The largest absolute Gasteiger partial charge is 0.493 e. The van der Waals surface area contributed by atoms with Crippen molar-refractivity contribution in [1.29, 1.82) is 0 Å². The maximum Gasteiger partial charge on any atom is 0.346 e. The van der Waals surface area contributed by atoms with E-state index in [1.165, 1.54) is 37.6 Å². The number of halogens is 1. The average Bonchev–Trinajstić information content (AvgIpc) is 2.79. The van der Waals surface area contributed by atoms with Crippen LogP contribution in [0.5, 0.6) is 11.5 Å². The van der Waals surface area contributed by atoms with E-state index in [0.29, 0.717) is 5.56 Å². The summed E-state index contributed by atoms with van der Waals surface area (Å²) in [4.78, 5) is 24.1. The van der Waals surface area contributed by atoms with E-state index in [0.717, 1.165) is 5.69 Å². The van der Waals surface area contributed by atoms with E-state index < -0.39 is 11.8 Å². The number of nitrogens with zero attached hydrogens (tertiary/aromatic N) is 1. The second-order valence-corrected chi connectivity index (χ2v) is 6.29. The number of methoxy groups -OCH3 is 1. The van der Waals surface area contributed by atoms with Gasteiger partial charge in [-0.3, -0.25) is 4.79 Å². The SMILES string of the molecule is COc1cc(/C=N\NC(=O)CNc2ccccc2)ccc1OC(=O)c1ccccc1F. The van der Waals surface area contributed by atoms with Gasteiger partial charge in [-0.05, 0) is 48.0 Å². The number of rotatable bonds is 8. The number of amides is 1. The van der Waals surface area contributed by atoms with Crippen LogP contribution >= 0.6 is 0 Å². The molecule has 0 bridgehead atoms. The van der Waals surface area contributed by atoms with Crippen LogP contribution in [0, 0.1) is 5.82 Å². The fourth-order valence-electron chi connectivity index (χ4n) is 2.59. The average molecular weight is 421 g/mol. The van der Waals surface area contributed by atoms with Gasteiger partial charge < -0.3 is 14.8 Å². The first-order chi connectivity index (χ1) is 15.1. The van der Waals surface area contributed by atoms with Crippen molar-refractivity contribution < 1.29 is 23.5 Å². The molecule has 0 spiro atoms. The summed E-state index contributed by atoms with van der Waals surface area (Å²) < 4.78 is 24.2. The Morgan fingerprint density at radius 3 is 2.48 bits per heavy atom. The molecule has 0 fully saturated rings. The lowest BCUT2D eigenvalue weighted by atomic mass is 10.2. The highest BCUT2D eigenvalue weighted by atomic mass is 19.1. The second kappa shape index (κ2) is 10.5. The molecule has 0 atom stereocenters. The fraction of sp³-hybridized carbons (Fsp3) is 0.0870. The van der Waals surface area contributed by atoms with Gasteiger partial charge in [-0.25, -0.2) is 14.6 Å². The number of para-hydroxylation sites is 1. The molecule has 0 aliphatic heterocycles. The van der Waals surface area contributed by atoms with Crippen molar-refractivity contribution in [2.75, 3.05) is 19.0 Å². The van der Waals surface area contributed by atoms with Crippen LogP contribution in [-0.4, -0.2) is 31.7 Å². The number of hydrogen-bond acceptors (Lipinski definition) is 6. The standard InChI is InChI=1S/C23H20FN3O4/c1-30-21-13-16(14-26-27-22(28)15-25-17-7-3-2-4-8-17)11-12-20(21)31-23(29)18-9-5-6-10-19(18)24/h2-14,25H,15H2,1H3,(H,27,28)/b26-14-. The fourth-order valence-corrected chi connectivity index (χ4v) is 2.59. The number of hydrazone groups is 1. The van der Waals surface area contributed by atoms with Gasteiger partial charge in [0, 0.05) is 5.69 Å². The lowest BCUT2D eigenvalue weighted by Crippen LogP contribution is -2.25. The van der Waals surface area contributed by atoms with Gasteiger partial charge in [0.25, 0.3) is 5.91 Å². The normalized spacial score (nSPS) is 10.5. The molecule has 0 radical (unpaired) electrons. The number of ether oxygens (including phenoxy) is 2. The summed E-state index contributed by atoms with van der Waals surface area (Å²) in [6.45, 7) is 0.0651. The Kier molecular flexibility index (Phi) is 7.31. The quantitative estimate of drug-likeness (QED) is 0.251. The van der Waals surface area contributed by atoms with Crippen LogP contribution in [0.1, 0.15) is 15.9 Å². The Labute approximate surface area is 178 Å². The van der Waals surface area contributed by atoms with Crippen molar-refractivity contribution in [2.45, 2.75) is 0 Å². The van der Waals surface area contributed by atoms with Gasteiger partial charge in [-0.2, -0.15) is 5.10 Å². The summed E-state index contributed by atoms with van der Waals surface area (Å²) in [6.07, 6.45) is 1.42. The van der Waals surface area contributed by atoms with E-state index in [4.69, 9.17) is 9.47 Å². The van der Waals surface area contributed by atoms with Crippen LogP contribution in [0.4, 0.5) is 10.1 Å². The minimum Gasteiger partial charge on any atom is -0.493 e. The van der Waals surface area contributed by atoms with Crippen molar-refractivity contribution in [2.24, 2.45) is 5.10 Å². The van der Waals surface area contributed by atoms with E-state index in [1.807, 2.05) is 30.3 Å². The zero-order chi connectivity index (χ0) is 22.1. The highest BCUT2D eigenvalue weighted by Gasteiger charge is 2.16. The number of carbonyl (C=O) groups is 2. The molecule has 3 aromatic carbocycles. The van der Waals surface area contributed by atoms with Crippen LogP contribution in [0.2, 0.25) is 0 Å². The number of anilines is 1. The molecule has 31 heavy (non-hydrogen) atoms. The highest BCUT2D eigenvalue weighted by Crippen LogP contribution is 2.28.